The molecule has 0 aliphatic carbocycles. The van der Waals surface area contributed by atoms with Crippen LogP contribution in [0.3, 0.4) is 0 Å². The highest BCUT2D eigenvalue weighted by Crippen LogP contribution is 2.10. The Balaban J connectivity index is 1.73. The number of hydrogen-bond acceptors (Lipinski definition) is 2. The minimum Gasteiger partial charge on any atom is -0.494 e. The molecule has 2 aromatic carbocycles. The van der Waals surface area contributed by atoms with E-state index in [1.807, 2.05) is 37.3 Å². The molecule has 2 rings (SSSR count). The maximum absolute atomic E-state index is 13.5. The smallest absolute Gasteiger partial charge is 0.254 e. The number of rotatable bonds is 6. The summed E-state index contributed by atoms with van der Waals surface area (Å²) in [7, 11) is 0. The van der Waals surface area contributed by atoms with Crippen molar-refractivity contribution < 1.29 is 13.9 Å². The molecular weight excluding hydrogens is 269 g/mol. The van der Waals surface area contributed by atoms with Crippen LogP contribution in [0.15, 0.2) is 48.5 Å². The molecule has 0 saturated heterocycles. The van der Waals surface area contributed by atoms with Gasteiger partial charge in [0.25, 0.3) is 5.91 Å². The van der Waals surface area contributed by atoms with Gasteiger partial charge in [-0.2, -0.15) is 0 Å². The van der Waals surface area contributed by atoms with Gasteiger partial charge in [0.2, 0.25) is 0 Å². The second-order valence-electron chi connectivity index (χ2n) is 4.75. The first kappa shape index (κ1) is 15.0. The second kappa shape index (κ2) is 7.43. The Labute approximate surface area is 123 Å². The molecule has 110 valence electrons. The van der Waals surface area contributed by atoms with Crippen LogP contribution in [0.4, 0.5) is 4.39 Å². The van der Waals surface area contributed by atoms with E-state index in [4.69, 9.17) is 4.74 Å². The first-order valence-electron chi connectivity index (χ1n) is 6.89. The normalized spacial score (nSPS) is 10.2. The van der Waals surface area contributed by atoms with Gasteiger partial charge in [-0.3, -0.25) is 4.79 Å². The molecule has 0 saturated carbocycles. The Morgan fingerprint density at radius 2 is 1.95 bits per heavy atom. The van der Waals surface area contributed by atoms with Crippen molar-refractivity contribution in [2.24, 2.45) is 0 Å². The minimum absolute atomic E-state index is 0.0824. The molecule has 0 aromatic heterocycles. The molecule has 0 aliphatic rings. The summed E-state index contributed by atoms with van der Waals surface area (Å²) in [5.41, 5.74) is 0.938. The third kappa shape index (κ3) is 4.60. The van der Waals surface area contributed by atoms with Crippen molar-refractivity contribution >= 4 is 5.91 Å². The SMILES string of the molecule is Cc1ccc(F)c(C(=O)NCCCOc2ccccc2)c1. The molecule has 4 heteroatoms. The standard InChI is InChI=1S/C17H18FNO2/c1-13-8-9-16(18)15(12-13)17(20)19-10-5-11-21-14-6-3-2-4-7-14/h2-4,6-9,12H,5,10-11H2,1H3,(H,19,20). The van der Waals surface area contributed by atoms with Gasteiger partial charge in [-0.05, 0) is 37.6 Å². The molecule has 2 aromatic rings. The molecule has 0 atom stereocenters. The lowest BCUT2D eigenvalue weighted by Crippen LogP contribution is -2.26. The number of benzene rings is 2. The molecule has 0 spiro atoms. The summed E-state index contributed by atoms with van der Waals surface area (Å²) in [4.78, 5) is 11.9. The monoisotopic (exact) mass is 287 g/mol. The molecule has 0 bridgehead atoms. The fourth-order valence-electron chi connectivity index (χ4n) is 1.89. The summed E-state index contributed by atoms with van der Waals surface area (Å²) in [6.07, 6.45) is 0.661. The van der Waals surface area contributed by atoms with Crippen LogP contribution in [-0.4, -0.2) is 19.1 Å². The third-order valence-electron chi connectivity index (χ3n) is 2.99. The van der Waals surface area contributed by atoms with E-state index < -0.39 is 11.7 Å². The van der Waals surface area contributed by atoms with E-state index in [1.165, 1.54) is 6.07 Å². The number of carbonyl (C=O) groups is 1. The number of para-hydroxylation sites is 1. The average molecular weight is 287 g/mol. The van der Waals surface area contributed by atoms with E-state index in [0.29, 0.717) is 19.6 Å². The molecule has 1 N–H and O–H groups in total. The number of ether oxygens (including phenoxy) is 1. The van der Waals surface area contributed by atoms with Crippen LogP contribution in [0.2, 0.25) is 0 Å². The van der Waals surface area contributed by atoms with Crippen LogP contribution in [0.5, 0.6) is 5.75 Å². The van der Waals surface area contributed by atoms with Crippen LogP contribution in [0.1, 0.15) is 22.3 Å². The summed E-state index contributed by atoms with van der Waals surface area (Å²) in [5.74, 6) is -0.0944. The Kier molecular flexibility index (Phi) is 5.32. The zero-order valence-corrected chi connectivity index (χ0v) is 11.9. The summed E-state index contributed by atoms with van der Waals surface area (Å²) in [6.45, 7) is 2.77. The predicted octanol–water partition coefficient (Wildman–Crippen LogP) is 3.33. The topological polar surface area (TPSA) is 38.3 Å². The summed E-state index contributed by atoms with van der Waals surface area (Å²) in [5, 5.41) is 2.69. The van der Waals surface area contributed by atoms with E-state index in [9.17, 15) is 9.18 Å². The van der Waals surface area contributed by atoms with Crippen molar-refractivity contribution in [2.45, 2.75) is 13.3 Å². The molecule has 3 nitrogen and oxygen atoms in total. The summed E-state index contributed by atoms with van der Waals surface area (Å²) >= 11 is 0. The molecule has 0 aliphatic heterocycles. The van der Waals surface area contributed by atoms with Gasteiger partial charge in [-0.1, -0.05) is 29.8 Å². The number of amides is 1. The van der Waals surface area contributed by atoms with Crippen molar-refractivity contribution in [3.63, 3.8) is 0 Å². The highest BCUT2D eigenvalue weighted by atomic mass is 19.1. The third-order valence-corrected chi connectivity index (χ3v) is 2.99. The summed E-state index contributed by atoms with van der Waals surface area (Å²) < 4.78 is 19.0. The van der Waals surface area contributed by atoms with Crippen molar-refractivity contribution in [1.82, 2.24) is 5.32 Å². The van der Waals surface area contributed by atoms with Crippen LogP contribution in [-0.2, 0) is 0 Å². The fourth-order valence-corrected chi connectivity index (χ4v) is 1.89. The quantitative estimate of drug-likeness (QED) is 0.828. The van der Waals surface area contributed by atoms with Gasteiger partial charge in [-0.15, -0.1) is 0 Å². The lowest BCUT2D eigenvalue weighted by Gasteiger charge is -2.08. The lowest BCUT2D eigenvalue weighted by atomic mass is 10.1. The highest BCUT2D eigenvalue weighted by molar-refractivity contribution is 5.94. The van der Waals surface area contributed by atoms with Crippen molar-refractivity contribution in [3.8, 4) is 5.75 Å². The van der Waals surface area contributed by atoms with E-state index >= 15 is 0 Å². The van der Waals surface area contributed by atoms with Gasteiger partial charge in [0.15, 0.2) is 0 Å². The summed E-state index contributed by atoms with van der Waals surface area (Å²) in [6, 6.07) is 14.0. The van der Waals surface area contributed by atoms with Crippen molar-refractivity contribution in [3.05, 3.63) is 65.5 Å². The Morgan fingerprint density at radius 3 is 2.71 bits per heavy atom. The van der Waals surface area contributed by atoms with Crippen LogP contribution < -0.4 is 10.1 Å². The number of aryl methyl sites for hydroxylation is 1. The number of carbonyl (C=O) groups excluding carboxylic acids is 1. The molecule has 1 amide bonds. The fraction of sp³-hybridized carbons (Fsp3) is 0.235. The minimum atomic E-state index is -0.501. The highest BCUT2D eigenvalue weighted by Gasteiger charge is 2.10. The van der Waals surface area contributed by atoms with Gasteiger partial charge in [0, 0.05) is 6.54 Å². The molecule has 0 heterocycles. The zero-order chi connectivity index (χ0) is 15.1. The van der Waals surface area contributed by atoms with Crippen LogP contribution >= 0.6 is 0 Å². The zero-order valence-electron chi connectivity index (χ0n) is 11.9. The molecular formula is C17H18FNO2. The maximum Gasteiger partial charge on any atom is 0.254 e. The molecule has 21 heavy (non-hydrogen) atoms. The van der Waals surface area contributed by atoms with Gasteiger partial charge in [0.05, 0.1) is 12.2 Å². The number of hydrogen-bond donors (Lipinski definition) is 1. The Bertz CT molecular complexity index is 599. The molecule has 0 fully saturated rings. The number of halogens is 1. The molecule has 0 unspecified atom stereocenters. The van der Waals surface area contributed by atoms with E-state index in [0.717, 1.165) is 11.3 Å². The van der Waals surface area contributed by atoms with E-state index in [2.05, 4.69) is 5.32 Å². The average Bonchev–Trinajstić information content (AvgIpc) is 2.50. The van der Waals surface area contributed by atoms with E-state index in [-0.39, 0.29) is 5.56 Å². The maximum atomic E-state index is 13.5. The van der Waals surface area contributed by atoms with Gasteiger partial charge >= 0.3 is 0 Å². The van der Waals surface area contributed by atoms with E-state index in [1.54, 1.807) is 12.1 Å². The first-order valence-corrected chi connectivity index (χ1v) is 6.89. The van der Waals surface area contributed by atoms with Crippen molar-refractivity contribution in [2.75, 3.05) is 13.2 Å². The Hall–Kier alpha value is -2.36. The van der Waals surface area contributed by atoms with Crippen LogP contribution in [0.25, 0.3) is 0 Å². The van der Waals surface area contributed by atoms with Crippen LogP contribution in [0, 0.1) is 12.7 Å². The van der Waals surface area contributed by atoms with Gasteiger partial charge in [0.1, 0.15) is 11.6 Å². The van der Waals surface area contributed by atoms with Gasteiger partial charge < -0.3 is 10.1 Å². The first-order chi connectivity index (χ1) is 10.2. The number of nitrogens with one attached hydrogen (secondary N) is 1. The predicted molar refractivity (Wildman–Crippen MR) is 80.0 cm³/mol. The lowest BCUT2D eigenvalue weighted by molar-refractivity contribution is 0.0947. The second-order valence-corrected chi connectivity index (χ2v) is 4.75. The largest absolute Gasteiger partial charge is 0.494 e. The Morgan fingerprint density at radius 1 is 1.19 bits per heavy atom. The molecule has 0 radical (unpaired) electrons. The van der Waals surface area contributed by atoms with Crippen molar-refractivity contribution in [1.29, 1.82) is 0 Å². The van der Waals surface area contributed by atoms with Gasteiger partial charge in [-0.25, -0.2) is 4.39 Å².